The van der Waals surface area contributed by atoms with Crippen molar-refractivity contribution in [2.45, 2.75) is 266 Å². The van der Waals surface area contributed by atoms with Gasteiger partial charge in [-0.05, 0) is 180 Å². The average Bonchev–Trinajstić information content (AvgIpc) is 3.62. The van der Waals surface area contributed by atoms with E-state index in [1.165, 1.54) is 238 Å². The van der Waals surface area contributed by atoms with E-state index in [-0.39, 0.29) is 0 Å². The molecule has 1 aliphatic heterocycles. The molecule has 1 saturated heterocycles. The monoisotopic (exact) mass is 842 g/mol. The van der Waals surface area contributed by atoms with Crippen molar-refractivity contribution < 1.29 is 0 Å². The van der Waals surface area contributed by atoms with E-state index in [4.69, 9.17) is 0 Å². The van der Waals surface area contributed by atoms with Gasteiger partial charge in [0.2, 0.25) is 0 Å². The Hall–Kier alpha value is -0.820. The van der Waals surface area contributed by atoms with E-state index >= 15 is 0 Å². The first-order chi connectivity index (χ1) is 29.7. The van der Waals surface area contributed by atoms with Crippen LogP contribution in [0.1, 0.15) is 266 Å². The van der Waals surface area contributed by atoms with Crippen LogP contribution < -0.4 is 0 Å². The third-order valence-electron chi connectivity index (χ3n) is 18.7. The summed E-state index contributed by atoms with van der Waals surface area (Å²) in [6.45, 7) is 19.4. The molecule has 5 unspecified atom stereocenters. The highest BCUT2D eigenvalue weighted by molar-refractivity contribution is 5.25. The van der Waals surface area contributed by atoms with Gasteiger partial charge in [-0.1, -0.05) is 193 Å². The van der Waals surface area contributed by atoms with Crippen LogP contribution in [0.3, 0.4) is 0 Å². The number of piperidine rings is 1. The Labute approximate surface area is 383 Å². The maximum absolute atomic E-state index is 2.87. The standard InChI is InChI=1S/C60H107N/c1-7-8-9-10-11-12-13-14-15-16-17-18-19-20-21-22-23-24-25-27-36-53(49-61-46-30-26-31-47-61)37-29-28-35-52-42-44-59(5)54(48-52)38-39-55-57-41-40-56(51(4)34-32-33-50(2)3)60(57,6)45-43-58(55)59/h11-12,14-15,38,50-53,55-58H,7-10,13,16-37,39-49H2,1-6H3/b12-11-,15-14-/t51-,52?,53?,55?,56-,57?,58?,59+,60-/m1/s1. The second-order valence-electron chi connectivity index (χ2n) is 23.7. The van der Waals surface area contributed by atoms with Gasteiger partial charge in [0, 0.05) is 6.54 Å². The van der Waals surface area contributed by atoms with Crippen LogP contribution in [-0.4, -0.2) is 24.5 Å². The highest BCUT2D eigenvalue weighted by Gasteiger charge is 2.59. The normalized spacial score (nSPS) is 30.5. The van der Waals surface area contributed by atoms with Crippen LogP contribution >= 0.6 is 0 Å². The van der Waals surface area contributed by atoms with Gasteiger partial charge in [-0.15, -0.1) is 0 Å². The van der Waals surface area contributed by atoms with Gasteiger partial charge in [0.15, 0.2) is 0 Å². The van der Waals surface area contributed by atoms with Crippen molar-refractivity contribution in [3.8, 4) is 0 Å². The molecule has 1 heteroatoms. The summed E-state index contributed by atoms with van der Waals surface area (Å²) in [5, 5.41) is 0. The van der Waals surface area contributed by atoms with Crippen LogP contribution in [0.2, 0.25) is 0 Å². The Morgan fingerprint density at radius 3 is 1.98 bits per heavy atom. The first-order valence-corrected chi connectivity index (χ1v) is 28.5. The van der Waals surface area contributed by atoms with Gasteiger partial charge < -0.3 is 4.90 Å². The van der Waals surface area contributed by atoms with E-state index < -0.39 is 0 Å². The summed E-state index contributed by atoms with van der Waals surface area (Å²) < 4.78 is 0. The van der Waals surface area contributed by atoms with E-state index in [0.717, 1.165) is 53.8 Å². The molecule has 5 rings (SSSR count). The molecular weight excluding hydrogens is 735 g/mol. The smallest absolute Gasteiger partial charge is 0.000965 e. The molecule has 3 saturated carbocycles. The molecule has 0 amide bonds. The number of rotatable bonds is 31. The minimum absolute atomic E-state index is 0.518. The summed E-state index contributed by atoms with van der Waals surface area (Å²) in [6.07, 6.45) is 62.8. The molecule has 4 aliphatic carbocycles. The zero-order valence-electron chi connectivity index (χ0n) is 42.3. The molecule has 352 valence electrons. The Kier molecular flexibility index (Phi) is 23.7. The maximum atomic E-state index is 2.87. The molecule has 0 aromatic heterocycles. The van der Waals surface area contributed by atoms with Gasteiger partial charge in [0.25, 0.3) is 0 Å². The molecule has 1 heterocycles. The first kappa shape index (κ1) is 51.2. The fourth-order valence-electron chi connectivity index (χ4n) is 14.8. The lowest BCUT2D eigenvalue weighted by Gasteiger charge is -2.58. The van der Waals surface area contributed by atoms with Crippen LogP contribution in [0.25, 0.3) is 0 Å². The molecular formula is C60H107N. The van der Waals surface area contributed by atoms with Crippen molar-refractivity contribution in [1.29, 1.82) is 0 Å². The lowest BCUT2D eigenvalue weighted by Crippen LogP contribution is -2.50. The van der Waals surface area contributed by atoms with E-state index in [1.807, 2.05) is 5.57 Å². The van der Waals surface area contributed by atoms with Crippen molar-refractivity contribution in [2.24, 2.45) is 58.2 Å². The van der Waals surface area contributed by atoms with Gasteiger partial charge in [-0.3, -0.25) is 0 Å². The molecule has 0 aromatic carbocycles. The van der Waals surface area contributed by atoms with Crippen molar-refractivity contribution in [2.75, 3.05) is 19.6 Å². The largest absolute Gasteiger partial charge is 0.303 e. The number of allylic oxidation sites excluding steroid dienone is 6. The van der Waals surface area contributed by atoms with Crippen molar-refractivity contribution >= 4 is 0 Å². The molecule has 9 atom stereocenters. The summed E-state index contributed by atoms with van der Waals surface area (Å²) in [6, 6.07) is 0. The third-order valence-corrected chi connectivity index (χ3v) is 18.7. The van der Waals surface area contributed by atoms with Crippen molar-refractivity contribution in [1.82, 2.24) is 4.90 Å². The molecule has 61 heavy (non-hydrogen) atoms. The summed E-state index contributed by atoms with van der Waals surface area (Å²) in [5.74, 6) is 7.62. The SMILES string of the molecule is CCCCC/C=C\C/C=C\CCCCCCCCCCCCC(CCCCC1CC[C@@]2(C)C(=CCC3C2CC[C@@]2(C)C3CC[C@@H]2[C@H](C)CCCC(C)C)C1)CN1CCCCC1. The fourth-order valence-corrected chi connectivity index (χ4v) is 14.8. The summed E-state index contributed by atoms with van der Waals surface area (Å²) in [4.78, 5) is 2.86. The van der Waals surface area contributed by atoms with Crippen molar-refractivity contribution in [3.63, 3.8) is 0 Å². The number of likely N-dealkylation sites (tertiary alicyclic amines) is 1. The van der Waals surface area contributed by atoms with Crippen LogP contribution in [0.15, 0.2) is 36.0 Å². The second kappa shape index (κ2) is 28.3. The third kappa shape index (κ3) is 16.5. The van der Waals surface area contributed by atoms with Gasteiger partial charge >= 0.3 is 0 Å². The van der Waals surface area contributed by atoms with E-state index in [1.54, 1.807) is 0 Å². The molecule has 1 nitrogen and oxygen atoms in total. The molecule has 0 aromatic rings. The maximum Gasteiger partial charge on any atom is 0.000965 e. The van der Waals surface area contributed by atoms with Crippen molar-refractivity contribution in [3.05, 3.63) is 36.0 Å². The van der Waals surface area contributed by atoms with E-state index in [9.17, 15) is 0 Å². The minimum atomic E-state index is 0.518. The lowest BCUT2D eigenvalue weighted by atomic mass is 9.46. The van der Waals surface area contributed by atoms with Crippen LogP contribution in [0.4, 0.5) is 0 Å². The molecule has 0 bridgehead atoms. The van der Waals surface area contributed by atoms with Gasteiger partial charge in [-0.2, -0.15) is 0 Å². The molecule has 4 fully saturated rings. The van der Waals surface area contributed by atoms with E-state index in [0.29, 0.717) is 10.8 Å². The summed E-state index contributed by atoms with van der Waals surface area (Å²) in [5.41, 5.74) is 3.07. The number of nitrogens with zero attached hydrogens (tertiary/aromatic N) is 1. The zero-order chi connectivity index (χ0) is 43.2. The Balaban J connectivity index is 0.937. The molecule has 5 aliphatic rings. The van der Waals surface area contributed by atoms with Crippen LogP contribution in [0.5, 0.6) is 0 Å². The fraction of sp³-hybridized carbons (Fsp3) is 0.900. The predicted octanol–water partition coefficient (Wildman–Crippen LogP) is 19.1. The average molecular weight is 843 g/mol. The van der Waals surface area contributed by atoms with Gasteiger partial charge in [-0.25, -0.2) is 0 Å². The molecule has 0 spiro atoms. The number of fused-ring (bicyclic) bond motifs is 5. The molecule has 0 radical (unpaired) electrons. The Morgan fingerprint density at radius 2 is 1.30 bits per heavy atom. The topological polar surface area (TPSA) is 3.24 Å². The summed E-state index contributed by atoms with van der Waals surface area (Å²) in [7, 11) is 0. The first-order valence-electron chi connectivity index (χ1n) is 28.5. The molecule has 0 N–H and O–H groups in total. The number of hydrogen-bond acceptors (Lipinski definition) is 1. The highest BCUT2D eigenvalue weighted by Crippen LogP contribution is 2.67. The van der Waals surface area contributed by atoms with E-state index in [2.05, 4.69) is 76.8 Å². The Bertz CT molecular complexity index is 1230. The quantitative estimate of drug-likeness (QED) is 0.0496. The number of hydrogen-bond donors (Lipinski definition) is 0. The number of unbranched alkanes of at least 4 members (excludes halogenated alkanes) is 14. The second-order valence-corrected chi connectivity index (χ2v) is 23.7. The zero-order valence-corrected chi connectivity index (χ0v) is 42.3. The summed E-state index contributed by atoms with van der Waals surface area (Å²) >= 11 is 0. The minimum Gasteiger partial charge on any atom is -0.303 e. The Morgan fingerprint density at radius 1 is 0.639 bits per heavy atom. The lowest BCUT2D eigenvalue weighted by molar-refractivity contribution is -0.0529. The van der Waals surface area contributed by atoms with Gasteiger partial charge in [0.1, 0.15) is 0 Å². The van der Waals surface area contributed by atoms with Crippen LogP contribution in [0, 0.1) is 58.2 Å². The van der Waals surface area contributed by atoms with Gasteiger partial charge in [0.05, 0.1) is 0 Å². The predicted molar refractivity (Wildman–Crippen MR) is 271 cm³/mol. The van der Waals surface area contributed by atoms with Crippen LogP contribution in [-0.2, 0) is 0 Å². The highest BCUT2D eigenvalue weighted by atomic mass is 15.1.